The molecule has 0 amide bonds. The van der Waals surface area contributed by atoms with Crippen LogP contribution in [0.15, 0.2) is 35.0 Å². The third kappa shape index (κ3) is 2.65. The first-order valence-corrected chi connectivity index (χ1v) is 4.94. The molecule has 3 heteroatoms. The molecule has 0 saturated carbocycles. The van der Waals surface area contributed by atoms with E-state index < -0.39 is 0 Å². The van der Waals surface area contributed by atoms with Gasteiger partial charge < -0.3 is 4.52 Å². The number of rotatable bonds is 1. The van der Waals surface area contributed by atoms with Crippen molar-refractivity contribution in [1.82, 2.24) is 5.16 Å². The molecular weight excluding hydrogens is 193 g/mol. The second-order valence-electron chi connectivity index (χ2n) is 2.84. The first-order valence-electron chi connectivity index (χ1n) is 4.94. The summed E-state index contributed by atoms with van der Waals surface area (Å²) in [6.45, 7) is 5.90. The van der Waals surface area contributed by atoms with Crippen molar-refractivity contribution in [2.24, 2.45) is 0 Å². The van der Waals surface area contributed by atoms with E-state index in [1.807, 2.05) is 20.8 Å². The lowest BCUT2D eigenvalue weighted by Crippen LogP contribution is -1.82. The Morgan fingerprint density at radius 3 is 2.53 bits per heavy atom. The summed E-state index contributed by atoms with van der Waals surface area (Å²) in [7, 11) is 0. The Labute approximate surface area is 88.7 Å². The summed E-state index contributed by atoms with van der Waals surface area (Å²) < 4.78 is 17.8. The Balaban J connectivity index is 0.000000531. The number of aromatic nitrogens is 1. The number of hydrogen-bond acceptors (Lipinski definition) is 2. The molecular formula is C12H14FNO. The highest BCUT2D eigenvalue weighted by atomic mass is 19.1. The molecule has 1 aromatic carbocycles. The summed E-state index contributed by atoms with van der Waals surface area (Å²) in [5.74, 6) is 0.328. The topological polar surface area (TPSA) is 26.0 Å². The third-order valence-electron chi connectivity index (χ3n) is 1.90. The highest BCUT2D eigenvalue weighted by molar-refractivity contribution is 5.61. The van der Waals surface area contributed by atoms with Gasteiger partial charge in [-0.05, 0) is 24.6 Å². The molecule has 0 fully saturated rings. The van der Waals surface area contributed by atoms with Crippen LogP contribution in [0.1, 0.15) is 19.4 Å². The van der Waals surface area contributed by atoms with Crippen LogP contribution in [0.4, 0.5) is 4.39 Å². The first kappa shape index (κ1) is 11.4. The molecule has 2 aromatic rings. The van der Waals surface area contributed by atoms with Crippen LogP contribution in [-0.2, 0) is 0 Å². The zero-order valence-corrected chi connectivity index (χ0v) is 9.12. The molecule has 80 valence electrons. The number of halogens is 1. The van der Waals surface area contributed by atoms with Gasteiger partial charge in [0.15, 0.2) is 5.76 Å². The summed E-state index contributed by atoms with van der Waals surface area (Å²) in [4.78, 5) is 0. The van der Waals surface area contributed by atoms with Crippen molar-refractivity contribution in [3.8, 4) is 11.3 Å². The van der Waals surface area contributed by atoms with Gasteiger partial charge >= 0.3 is 0 Å². The molecule has 0 aliphatic rings. The van der Waals surface area contributed by atoms with Crippen molar-refractivity contribution in [3.63, 3.8) is 0 Å². The summed E-state index contributed by atoms with van der Waals surface area (Å²) in [6.07, 6.45) is 1.54. The fourth-order valence-electron chi connectivity index (χ4n) is 1.21. The predicted octanol–water partition coefficient (Wildman–Crippen LogP) is 3.82. The van der Waals surface area contributed by atoms with E-state index in [0.29, 0.717) is 5.76 Å². The number of aryl methyl sites for hydroxylation is 1. The minimum absolute atomic E-state index is 0.267. The minimum atomic E-state index is -0.267. The smallest absolute Gasteiger partial charge is 0.167 e. The van der Waals surface area contributed by atoms with Crippen LogP contribution in [0.5, 0.6) is 0 Å². The summed E-state index contributed by atoms with van der Waals surface area (Å²) in [5.41, 5.74) is 1.72. The third-order valence-corrected chi connectivity index (χ3v) is 1.90. The maximum Gasteiger partial charge on any atom is 0.167 e. The predicted molar refractivity (Wildman–Crippen MR) is 58.0 cm³/mol. The van der Waals surface area contributed by atoms with Crippen molar-refractivity contribution >= 4 is 0 Å². The Bertz CT molecular complexity index is 410. The lowest BCUT2D eigenvalue weighted by molar-refractivity contribution is 0.432. The van der Waals surface area contributed by atoms with Crippen molar-refractivity contribution in [2.75, 3.05) is 0 Å². The van der Waals surface area contributed by atoms with Gasteiger partial charge in [-0.25, -0.2) is 4.39 Å². The second-order valence-corrected chi connectivity index (χ2v) is 2.84. The largest absolute Gasteiger partial charge is 0.356 e. The van der Waals surface area contributed by atoms with Gasteiger partial charge in [0, 0.05) is 11.6 Å². The van der Waals surface area contributed by atoms with E-state index in [2.05, 4.69) is 5.16 Å². The van der Waals surface area contributed by atoms with Gasteiger partial charge in [-0.1, -0.05) is 25.1 Å². The average Bonchev–Trinajstić information content (AvgIpc) is 2.78. The van der Waals surface area contributed by atoms with Gasteiger partial charge in [-0.15, -0.1) is 0 Å². The van der Waals surface area contributed by atoms with E-state index in [-0.39, 0.29) is 5.82 Å². The van der Waals surface area contributed by atoms with Crippen LogP contribution < -0.4 is 0 Å². The number of hydrogen-bond donors (Lipinski definition) is 0. The zero-order chi connectivity index (χ0) is 11.3. The van der Waals surface area contributed by atoms with Gasteiger partial charge in [0.25, 0.3) is 0 Å². The lowest BCUT2D eigenvalue weighted by atomic mass is 10.1. The summed E-state index contributed by atoms with van der Waals surface area (Å²) >= 11 is 0. The zero-order valence-electron chi connectivity index (χ0n) is 9.12. The molecule has 0 radical (unpaired) electrons. The highest BCUT2D eigenvalue weighted by Crippen LogP contribution is 2.23. The average molecular weight is 207 g/mol. The molecule has 0 aliphatic carbocycles. The number of nitrogens with zero attached hydrogens (tertiary/aromatic N) is 1. The van der Waals surface area contributed by atoms with E-state index in [1.165, 1.54) is 12.1 Å². The van der Waals surface area contributed by atoms with Gasteiger partial charge in [-0.2, -0.15) is 0 Å². The van der Waals surface area contributed by atoms with Crippen molar-refractivity contribution < 1.29 is 8.91 Å². The van der Waals surface area contributed by atoms with E-state index >= 15 is 0 Å². The molecule has 0 saturated heterocycles. The van der Waals surface area contributed by atoms with Crippen LogP contribution in [0.25, 0.3) is 11.3 Å². The molecule has 0 N–H and O–H groups in total. The SMILES string of the molecule is CC.Cc1ccc(F)cc1-c1ccno1. The van der Waals surface area contributed by atoms with Crippen molar-refractivity contribution in [1.29, 1.82) is 0 Å². The van der Waals surface area contributed by atoms with Crippen molar-refractivity contribution in [3.05, 3.63) is 41.8 Å². The molecule has 1 aromatic heterocycles. The molecule has 0 unspecified atom stereocenters. The Hall–Kier alpha value is -1.64. The van der Waals surface area contributed by atoms with Crippen LogP contribution >= 0.6 is 0 Å². The lowest BCUT2D eigenvalue weighted by Gasteiger charge is -2.00. The van der Waals surface area contributed by atoms with Crippen LogP contribution in [0, 0.1) is 12.7 Å². The number of benzene rings is 1. The summed E-state index contributed by atoms with van der Waals surface area (Å²) in [6, 6.07) is 6.29. The normalized spacial score (nSPS) is 9.33. The summed E-state index contributed by atoms with van der Waals surface area (Å²) in [5, 5.41) is 3.57. The molecule has 0 bridgehead atoms. The maximum atomic E-state index is 12.9. The Morgan fingerprint density at radius 2 is 1.93 bits per heavy atom. The van der Waals surface area contributed by atoms with Crippen LogP contribution in [0.3, 0.4) is 0 Å². The standard InChI is InChI=1S/C10H8FNO.C2H6/c1-7-2-3-8(11)6-9(7)10-4-5-12-13-10;1-2/h2-6H,1H3;1-2H3. The Morgan fingerprint density at radius 1 is 1.20 bits per heavy atom. The van der Waals surface area contributed by atoms with E-state index in [9.17, 15) is 4.39 Å². The van der Waals surface area contributed by atoms with E-state index in [0.717, 1.165) is 11.1 Å². The van der Waals surface area contributed by atoms with Crippen LogP contribution in [0.2, 0.25) is 0 Å². The second kappa shape index (κ2) is 5.29. The molecule has 1 heterocycles. The highest BCUT2D eigenvalue weighted by Gasteiger charge is 2.06. The first-order chi connectivity index (χ1) is 7.27. The van der Waals surface area contributed by atoms with Crippen molar-refractivity contribution in [2.45, 2.75) is 20.8 Å². The van der Waals surface area contributed by atoms with E-state index in [4.69, 9.17) is 4.52 Å². The van der Waals surface area contributed by atoms with Gasteiger partial charge in [-0.3, -0.25) is 0 Å². The minimum Gasteiger partial charge on any atom is -0.356 e. The van der Waals surface area contributed by atoms with Crippen LogP contribution in [-0.4, -0.2) is 5.16 Å². The fraction of sp³-hybridized carbons (Fsp3) is 0.250. The molecule has 2 nitrogen and oxygen atoms in total. The molecule has 2 rings (SSSR count). The monoisotopic (exact) mass is 207 g/mol. The molecule has 15 heavy (non-hydrogen) atoms. The molecule has 0 spiro atoms. The fourth-order valence-corrected chi connectivity index (χ4v) is 1.21. The van der Waals surface area contributed by atoms with Gasteiger partial charge in [0.05, 0.1) is 6.20 Å². The molecule has 0 atom stereocenters. The Kier molecular flexibility index (Phi) is 4.03. The quantitative estimate of drug-likeness (QED) is 0.710. The molecule has 0 aliphatic heterocycles. The van der Waals surface area contributed by atoms with E-state index in [1.54, 1.807) is 18.3 Å². The van der Waals surface area contributed by atoms with Gasteiger partial charge in [0.1, 0.15) is 5.82 Å². The maximum absolute atomic E-state index is 12.9. The van der Waals surface area contributed by atoms with Gasteiger partial charge in [0.2, 0.25) is 0 Å².